The van der Waals surface area contributed by atoms with E-state index in [1.54, 1.807) is 0 Å². The van der Waals surface area contributed by atoms with Crippen molar-refractivity contribution >= 4 is 18.6 Å². The number of hydrogen-bond donors (Lipinski definition) is 2. The molecule has 4 aromatic carbocycles. The number of rotatable bonds is 10. The van der Waals surface area contributed by atoms with Gasteiger partial charge in [-0.1, -0.05) is 91.9 Å². The zero-order valence-corrected chi connectivity index (χ0v) is 22.4. The summed E-state index contributed by atoms with van der Waals surface area (Å²) in [4.78, 5) is 11.7. The lowest BCUT2D eigenvalue weighted by Gasteiger charge is -2.34. The van der Waals surface area contributed by atoms with E-state index in [1.165, 1.54) is 27.8 Å². The van der Waals surface area contributed by atoms with Gasteiger partial charge in [0.1, 0.15) is 19.0 Å². The van der Waals surface area contributed by atoms with E-state index in [1.807, 2.05) is 19.1 Å². The molecule has 38 heavy (non-hydrogen) atoms. The minimum absolute atomic E-state index is 0.0278. The van der Waals surface area contributed by atoms with Crippen molar-refractivity contribution in [3.63, 3.8) is 0 Å². The molecule has 4 nitrogen and oxygen atoms in total. The molecular formula is C33H32O4S. The second kappa shape index (κ2) is 11.5. The number of carbonyl (C=O) groups excluding carboxylic acids is 1. The van der Waals surface area contributed by atoms with Crippen LogP contribution >= 0.6 is 12.6 Å². The Labute approximate surface area is 229 Å². The van der Waals surface area contributed by atoms with Crippen LogP contribution < -0.4 is 4.74 Å². The largest absolute Gasteiger partial charge is 0.490 e. The first-order valence-electron chi connectivity index (χ1n) is 13.0. The molecule has 1 N–H and O–H groups in total. The maximum absolute atomic E-state index is 11.7. The number of hydrogen-bond acceptors (Lipinski definition) is 5. The summed E-state index contributed by atoms with van der Waals surface area (Å²) in [7, 11) is 0. The Morgan fingerprint density at radius 2 is 1.37 bits per heavy atom. The summed E-state index contributed by atoms with van der Waals surface area (Å²) < 4.78 is 11.1. The van der Waals surface area contributed by atoms with Crippen LogP contribution in [0, 0.1) is 0 Å². The molecule has 194 valence electrons. The van der Waals surface area contributed by atoms with Gasteiger partial charge in [-0.05, 0) is 57.5 Å². The van der Waals surface area contributed by atoms with Crippen LogP contribution in [0.3, 0.4) is 0 Å². The zero-order valence-electron chi connectivity index (χ0n) is 21.5. The quantitative estimate of drug-likeness (QED) is 0.129. The number of esters is 1. The molecule has 1 aliphatic rings. The van der Waals surface area contributed by atoms with Crippen LogP contribution in [0.2, 0.25) is 0 Å². The Hall–Kier alpha value is -3.54. The van der Waals surface area contributed by atoms with E-state index in [0.29, 0.717) is 6.42 Å². The molecule has 4 aromatic rings. The van der Waals surface area contributed by atoms with Crippen molar-refractivity contribution in [1.29, 1.82) is 0 Å². The monoisotopic (exact) mass is 524 g/mol. The summed E-state index contributed by atoms with van der Waals surface area (Å²) in [6.07, 6.45) is 0.916. The van der Waals surface area contributed by atoms with Crippen molar-refractivity contribution in [3.8, 4) is 16.9 Å². The predicted octanol–water partition coefficient (Wildman–Crippen LogP) is 6.21. The van der Waals surface area contributed by atoms with E-state index >= 15 is 0 Å². The Balaban J connectivity index is 1.50. The van der Waals surface area contributed by atoms with Gasteiger partial charge in [-0.2, -0.15) is 12.6 Å². The molecule has 0 fully saturated rings. The number of fused-ring (bicyclic) bond motifs is 3. The van der Waals surface area contributed by atoms with Crippen molar-refractivity contribution in [2.75, 3.05) is 19.8 Å². The van der Waals surface area contributed by atoms with E-state index in [2.05, 4.69) is 97.6 Å². The topological polar surface area (TPSA) is 55.8 Å². The molecule has 0 aromatic heterocycles. The molecule has 0 saturated carbocycles. The minimum atomic E-state index is -0.484. The molecule has 0 bridgehead atoms. The third-order valence-corrected chi connectivity index (χ3v) is 7.29. The lowest BCUT2D eigenvalue weighted by Crippen LogP contribution is -2.28. The van der Waals surface area contributed by atoms with Gasteiger partial charge in [0, 0.05) is 11.9 Å². The first-order valence-corrected chi connectivity index (χ1v) is 13.5. The fourth-order valence-corrected chi connectivity index (χ4v) is 5.64. The lowest BCUT2D eigenvalue weighted by molar-refractivity contribution is -0.144. The molecule has 5 rings (SSSR count). The zero-order chi connectivity index (χ0) is 26.5. The smallest absolute Gasteiger partial charge is 0.307 e. The van der Waals surface area contributed by atoms with Gasteiger partial charge in [0.2, 0.25) is 0 Å². The first-order chi connectivity index (χ1) is 18.5. The van der Waals surface area contributed by atoms with Gasteiger partial charge in [0.05, 0.1) is 11.8 Å². The molecule has 0 aliphatic heterocycles. The van der Waals surface area contributed by atoms with Crippen LogP contribution in [-0.4, -0.2) is 36.1 Å². The van der Waals surface area contributed by atoms with Gasteiger partial charge in [0.25, 0.3) is 0 Å². The number of carbonyl (C=O) groups is 1. The fourth-order valence-electron chi connectivity index (χ4n) is 5.49. The molecule has 1 atom stereocenters. The van der Waals surface area contributed by atoms with Gasteiger partial charge in [-0.15, -0.1) is 0 Å². The molecule has 1 unspecified atom stereocenters. The third kappa shape index (κ3) is 4.96. The molecule has 0 heterocycles. The van der Waals surface area contributed by atoms with Crippen LogP contribution in [0.5, 0.6) is 5.75 Å². The molecular weight excluding hydrogens is 492 g/mol. The average Bonchev–Trinajstić information content (AvgIpc) is 3.23. The van der Waals surface area contributed by atoms with Crippen molar-refractivity contribution in [1.82, 2.24) is 0 Å². The van der Waals surface area contributed by atoms with Crippen LogP contribution in [0.25, 0.3) is 11.1 Å². The molecule has 1 aliphatic carbocycles. The van der Waals surface area contributed by atoms with Crippen molar-refractivity contribution in [2.24, 2.45) is 0 Å². The van der Waals surface area contributed by atoms with Gasteiger partial charge >= 0.3 is 5.97 Å². The summed E-state index contributed by atoms with van der Waals surface area (Å²) >= 11 is 4.23. The fraction of sp³-hybridized carbons (Fsp3) is 0.242. The SMILES string of the molecule is CC(S)CC(=O)OCCOc1ccc(C2(c3ccc(CCO)cc3)c3ccccc3-c3ccccc32)cc1. The van der Waals surface area contributed by atoms with Crippen LogP contribution in [0.1, 0.15) is 41.2 Å². The summed E-state index contributed by atoms with van der Waals surface area (Å²) in [6.45, 7) is 2.48. The van der Waals surface area contributed by atoms with E-state index in [4.69, 9.17) is 9.47 Å². The maximum Gasteiger partial charge on any atom is 0.307 e. The van der Waals surface area contributed by atoms with Crippen molar-refractivity contribution in [3.05, 3.63) is 125 Å². The Kier molecular flexibility index (Phi) is 7.87. The Morgan fingerprint density at radius 1 is 0.816 bits per heavy atom. The maximum atomic E-state index is 11.7. The van der Waals surface area contributed by atoms with Crippen LogP contribution in [0.15, 0.2) is 97.1 Å². The van der Waals surface area contributed by atoms with Gasteiger partial charge in [0.15, 0.2) is 0 Å². The number of thiol groups is 1. The summed E-state index contributed by atoms with van der Waals surface area (Å²) in [6, 6.07) is 34.1. The van der Waals surface area contributed by atoms with Crippen LogP contribution in [-0.2, 0) is 21.4 Å². The lowest BCUT2D eigenvalue weighted by atomic mass is 9.67. The highest BCUT2D eigenvalue weighted by Crippen LogP contribution is 2.56. The first kappa shape index (κ1) is 26.1. The van der Waals surface area contributed by atoms with Crippen LogP contribution in [0.4, 0.5) is 0 Å². The summed E-state index contributed by atoms with van der Waals surface area (Å²) in [5.74, 6) is 0.456. The van der Waals surface area contributed by atoms with Gasteiger partial charge in [-0.3, -0.25) is 4.79 Å². The van der Waals surface area contributed by atoms with Gasteiger partial charge in [-0.25, -0.2) is 0 Å². The van der Waals surface area contributed by atoms with Crippen molar-refractivity contribution in [2.45, 2.75) is 30.4 Å². The van der Waals surface area contributed by atoms with E-state index in [9.17, 15) is 9.90 Å². The minimum Gasteiger partial charge on any atom is -0.490 e. The molecule has 0 radical (unpaired) electrons. The summed E-state index contributed by atoms with van der Waals surface area (Å²) in [5, 5.41) is 9.39. The van der Waals surface area contributed by atoms with E-state index in [0.717, 1.165) is 16.9 Å². The molecule has 0 saturated heterocycles. The van der Waals surface area contributed by atoms with Gasteiger partial charge < -0.3 is 14.6 Å². The second-order valence-electron chi connectivity index (χ2n) is 9.66. The standard InChI is InChI=1S/C33H32O4S/c1-23(38)22-32(35)37-21-20-36-27-16-14-26(15-17-27)33(25-12-10-24(11-13-25)18-19-34)30-8-4-2-6-28(30)29-7-3-5-9-31(29)33/h2-17,23,34,38H,18-22H2,1H3. The highest BCUT2D eigenvalue weighted by atomic mass is 32.1. The molecule has 5 heteroatoms. The molecule has 0 amide bonds. The normalized spacial score (nSPS) is 13.9. The van der Waals surface area contributed by atoms with E-state index < -0.39 is 5.41 Å². The number of aliphatic hydroxyl groups is 1. The predicted molar refractivity (Wildman–Crippen MR) is 154 cm³/mol. The average molecular weight is 525 g/mol. The second-order valence-corrected chi connectivity index (χ2v) is 10.5. The Bertz CT molecular complexity index is 1350. The number of ether oxygens (including phenoxy) is 2. The summed E-state index contributed by atoms with van der Waals surface area (Å²) in [5.41, 5.74) is 7.91. The Morgan fingerprint density at radius 3 is 1.92 bits per heavy atom. The van der Waals surface area contributed by atoms with Crippen molar-refractivity contribution < 1.29 is 19.4 Å². The highest BCUT2D eigenvalue weighted by Gasteiger charge is 2.45. The third-order valence-electron chi connectivity index (χ3n) is 7.10. The number of benzene rings is 4. The molecule has 0 spiro atoms. The van der Waals surface area contributed by atoms with E-state index in [-0.39, 0.29) is 37.5 Å². The number of aliphatic hydroxyl groups excluding tert-OH is 1. The highest BCUT2D eigenvalue weighted by molar-refractivity contribution is 7.80.